The van der Waals surface area contributed by atoms with Gasteiger partial charge in [-0.3, -0.25) is 7.05 Å². The largest absolute Gasteiger partial charge is 0.486 e. The Morgan fingerprint density at radius 2 is 1.14 bits per heavy atom. The number of nitrogens with two attached hydrogens (primary N) is 2. The van der Waals surface area contributed by atoms with Gasteiger partial charge < -0.3 is 18.9 Å². The standard InChI is InChI=1S/CH5N.CH4N.CH4.CH3.Y/c2*1-2;;;/h2H2,1H3;1-2H2;1H4;1H3;/q;-1;;-1;. The molecular weight excluding hydrogens is 165 g/mol. The van der Waals surface area contributed by atoms with Crippen LogP contribution in [-0.4, -0.2) is 7.05 Å². The van der Waals surface area contributed by atoms with Crippen molar-refractivity contribution in [2.45, 2.75) is 7.43 Å². The maximum absolute atomic E-state index is 4.50. The molecule has 1 radical (unpaired) electrons. The molecule has 47 valence electrons. The molecule has 7 heavy (non-hydrogen) atoms. The maximum Gasteiger partial charge on any atom is 0 e. The van der Waals surface area contributed by atoms with Crippen LogP contribution >= 0.6 is 0 Å². The normalized spacial score (nSPS) is 1.71. The summed E-state index contributed by atoms with van der Waals surface area (Å²) in [5.41, 5.74) is 8.75. The molecule has 0 aromatic carbocycles. The third kappa shape index (κ3) is 169. The van der Waals surface area contributed by atoms with Crippen molar-refractivity contribution in [2.24, 2.45) is 11.5 Å². The summed E-state index contributed by atoms with van der Waals surface area (Å²) in [6.45, 7) is 0. The van der Waals surface area contributed by atoms with Crippen LogP contribution in [0.3, 0.4) is 0 Å². The minimum atomic E-state index is 0. The fraction of sp³-hybridized carbons (Fsp3) is 0.500. The van der Waals surface area contributed by atoms with Gasteiger partial charge in [-0.05, 0) is 7.05 Å². The van der Waals surface area contributed by atoms with Gasteiger partial charge in [0.15, 0.2) is 0 Å². The first-order valence-corrected chi connectivity index (χ1v) is 0.986. The minimum Gasteiger partial charge on any atom is -0.486 e. The predicted molar refractivity (Wildman–Crippen MR) is 32.8 cm³/mol. The SMILES string of the molecule is C.CN.[CH2-]N.[CH3-].[Y]. The summed E-state index contributed by atoms with van der Waals surface area (Å²) in [6, 6.07) is 0. The molecule has 0 bridgehead atoms. The summed E-state index contributed by atoms with van der Waals surface area (Å²) in [5.74, 6) is 0. The van der Waals surface area contributed by atoms with Gasteiger partial charge in [-0.15, -0.1) is 0 Å². The van der Waals surface area contributed by atoms with E-state index in [1.54, 1.807) is 0 Å². The van der Waals surface area contributed by atoms with Gasteiger partial charge in [0.2, 0.25) is 0 Å². The second kappa shape index (κ2) is 243. The van der Waals surface area contributed by atoms with Gasteiger partial charge in [0.05, 0.1) is 0 Å². The van der Waals surface area contributed by atoms with E-state index in [0.29, 0.717) is 0 Å². The van der Waals surface area contributed by atoms with Gasteiger partial charge in [-0.25, -0.2) is 0 Å². The fourth-order valence-electron chi connectivity index (χ4n) is 0. The quantitative estimate of drug-likeness (QED) is 0.531. The molecule has 0 aromatic heterocycles. The summed E-state index contributed by atoms with van der Waals surface area (Å²) in [4.78, 5) is 0. The Morgan fingerprint density at radius 3 is 1.14 bits per heavy atom. The van der Waals surface area contributed by atoms with E-state index in [2.05, 4.69) is 18.5 Å². The Labute approximate surface area is 72.9 Å². The van der Waals surface area contributed by atoms with Crippen molar-refractivity contribution in [3.05, 3.63) is 14.5 Å². The van der Waals surface area contributed by atoms with E-state index in [-0.39, 0.29) is 47.6 Å². The second-order valence-electron chi connectivity index (χ2n) is 0. The van der Waals surface area contributed by atoms with Crippen LogP contribution in [0.5, 0.6) is 0 Å². The maximum atomic E-state index is 4.50. The third-order valence-corrected chi connectivity index (χ3v) is 0. The average molecular weight is 181 g/mol. The van der Waals surface area contributed by atoms with E-state index in [1.807, 2.05) is 0 Å². The molecule has 0 spiro atoms. The van der Waals surface area contributed by atoms with Gasteiger partial charge in [-0.2, -0.15) is 0 Å². The van der Waals surface area contributed by atoms with Crippen molar-refractivity contribution in [3.63, 3.8) is 0 Å². The first-order chi connectivity index (χ1) is 2.00. The summed E-state index contributed by atoms with van der Waals surface area (Å²) in [7, 11) is 4.25. The predicted octanol–water partition coefficient (Wildman–Crippen LogP) is 0.395. The minimum absolute atomic E-state index is 0. The molecule has 0 aromatic rings. The molecule has 4 N–H and O–H groups in total. The van der Waals surface area contributed by atoms with Crippen molar-refractivity contribution in [1.82, 2.24) is 0 Å². The Balaban J connectivity index is -0.00000000267. The van der Waals surface area contributed by atoms with Crippen LogP contribution in [0.2, 0.25) is 0 Å². The molecule has 0 aliphatic heterocycles. The Hall–Kier alpha value is 1.02. The van der Waals surface area contributed by atoms with E-state index in [9.17, 15) is 0 Å². The Bertz CT molecular complexity index is 9.65. The number of rotatable bonds is 0. The van der Waals surface area contributed by atoms with Crippen molar-refractivity contribution in [3.8, 4) is 0 Å². The van der Waals surface area contributed by atoms with E-state index in [1.165, 1.54) is 7.05 Å². The van der Waals surface area contributed by atoms with Crippen LogP contribution in [0, 0.1) is 14.5 Å². The van der Waals surface area contributed by atoms with Crippen molar-refractivity contribution >= 4 is 0 Å². The molecule has 0 heterocycles. The average Bonchev–Trinajstić information content (AvgIpc) is 1.50. The zero-order valence-electron chi connectivity index (χ0n) is 4.44. The molecule has 0 saturated heterocycles. The second-order valence-corrected chi connectivity index (χ2v) is 0. The molecule has 2 nitrogen and oxygen atoms in total. The van der Waals surface area contributed by atoms with Gasteiger partial charge in [-0.1, -0.05) is 7.43 Å². The van der Waals surface area contributed by atoms with Crippen LogP contribution in [0.25, 0.3) is 0 Å². The van der Waals surface area contributed by atoms with Crippen LogP contribution in [0.15, 0.2) is 0 Å². The summed E-state index contributed by atoms with van der Waals surface area (Å²) >= 11 is 0. The zero-order valence-corrected chi connectivity index (χ0v) is 7.28. The van der Waals surface area contributed by atoms with Gasteiger partial charge in [0.1, 0.15) is 0 Å². The number of hydrogen-bond donors (Lipinski definition) is 2. The molecule has 0 fully saturated rings. The molecule has 0 saturated carbocycles. The van der Waals surface area contributed by atoms with Crippen LogP contribution < -0.4 is 11.5 Å². The first-order valence-electron chi connectivity index (χ1n) is 0.986. The van der Waals surface area contributed by atoms with E-state index < -0.39 is 0 Å². The van der Waals surface area contributed by atoms with Gasteiger partial charge >= 0.3 is 0 Å². The smallest absolute Gasteiger partial charge is 0 e. The van der Waals surface area contributed by atoms with Crippen LogP contribution in [0.1, 0.15) is 7.43 Å². The summed E-state index contributed by atoms with van der Waals surface area (Å²) in [5, 5.41) is 0. The first kappa shape index (κ1) is 43.3. The topological polar surface area (TPSA) is 52.0 Å². The van der Waals surface area contributed by atoms with Gasteiger partial charge in [0, 0.05) is 32.7 Å². The van der Waals surface area contributed by atoms with Crippen molar-refractivity contribution in [1.29, 1.82) is 0 Å². The molecule has 0 aliphatic rings. The van der Waals surface area contributed by atoms with Crippen LogP contribution in [-0.2, 0) is 32.7 Å². The molecular formula is C4H16N2Y-2. The monoisotopic (exact) mass is 181 g/mol. The molecule has 3 heteroatoms. The third-order valence-electron chi connectivity index (χ3n) is 0. The summed E-state index contributed by atoms with van der Waals surface area (Å²) in [6.07, 6.45) is 0. The fourth-order valence-corrected chi connectivity index (χ4v) is 0. The molecule has 0 unspecified atom stereocenters. The van der Waals surface area contributed by atoms with Crippen LogP contribution in [0.4, 0.5) is 0 Å². The van der Waals surface area contributed by atoms with Crippen molar-refractivity contribution < 1.29 is 32.7 Å². The molecule has 0 rings (SSSR count). The molecule has 0 aliphatic carbocycles. The Kier molecular flexibility index (Phi) is 1500. The molecule has 0 atom stereocenters. The van der Waals surface area contributed by atoms with E-state index >= 15 is 0 Å². The zero-order chi connectivity index (χ0) is 4.00. The number of hydrogen-bond acceptors (Lipinski definition) is 2. The summed E-state index contributed by atoms with van der Waals surface area (Å²) < 4.78 is 0. The van der Waals surface area contributed by atoms with Crippen molar-refractivity contribution in [2.75, 3.05) is 7.05 Å². The molecule has 0 amide bonds. The van der Waals surface area contributed by atoms with E-state index in [0.717, 1.165) is 0 Å². The van der Waals surface area contributed by atoms with E-state index in [4.69, 9.17) is 0 Å². The Morgan fingerprint density at radius 1 is 1.14 bits per heavy atom. The van der Waals surface area contributed by atoms with Gasteiger partial charge in [0.25, 0.3) is 0 Å².